The molecule has 7 nitrogen and oxygen atoms in total. The molecule has 2 bridgehead atoms. The fourth-order valence-electron chi connectivity index (χ4n) is 5.63. The van der Waals surface area contributed by atoms with Crippen LogP contribution >= 0.6 is 0 Å². The van der Waals surface area contributed by atoms with E-state index in [1.54, 1.807) is 4.40 Å². The Balaban J connectivity index is 1.51. The van der Waals surface area contributed by atoms with Crippen LogP contribution in [0, 0.1) is 23.2 Å². The van der Waals surface area contributed by atoms with E-state index in [2.05, 4.69) is 35.7 Å². The summed E-state index contributed by atoms with van der Waals surface area (Å²) in [7, 11) is -3.42. The summed E-state index contributed by atoms with van der Waals surface area (Å²) in [6.45, 7) is 7.19. The molecule has 2 heterocycles. The minimum atomic E-state index is -3.42. The Hall–Kier alpha value is -1.83. The molecule has 4 fully saturated rings. The summed E-state index contributed by atoms with van der Waals surface area (Å²) in [5.74, 6) is 3.72. The Bertz CT molecular complexity index is 1060. The van der Waals surface area contributed by atoms with Gasteiger partial charge in [0.1, 0.15) is 11.9 Å². The maximum Gasteiger partial charge on any atom is 0.242 e. The highest BCUT2D eigenvalue weighted by Crippen LogP contribution is 2.57. The average molecular weight is 419 g/mol. The summed E-state index contributed by atoms with van der Waals surface area (Å²) in [5.41, 5.74) is 1.93. The number of hydrogen-bond donors (Lipinski definition) is 1. The smallest absolute Gasteiger partial charge is 0.242 e. The van der Waals surface area contributed by atoms with Gasteiger partial charge in [-0.3, -0.25) is 9.12 Å². The van der Waals surface area contributed by atoms with Gasteiger partial charge in [-0.2, -0.15) is 0 Å². The van der Waals surface area contributed by atoms with Crippen molar-refractivity contribution in [3.05, 3.63) is 17.8 Å². The van der Waals surface area contributed by atoms with Crippen molar-refractivity contribution in [3.63, 3.8) is 0 Å². The normalized spacial score (nSPS) is 34.5. The van der Waals surface area contributed by atoms with E-state index >= 15 is 0 Å². The van der Waals surface area contributed by atoms with Gasteiger partial charge >= 0.3 is 0 Å². The van der Waals surface area contributed by atoms with Crippen LogP contribution in [0.3, 0.4) is 0 Å². The van der Waals surface area contributed by atoms with E-state index in [1.165, 1.54) is 12.8 Å². The molecule has 0 spiro atoms. The van der Waals surface area contributed by atoms with Crippen molar-refractivity contribution < 1.29 is 13.2 Å². The van der Waals surface area contributed by atoms with Crippen LogP contribution in [0.5, 0.6) is 5.75 Å². The number of hydrogen-bond acceptors (Lipinski definition) is 5. The molecule has 0 radical (unpaired) electrons. The lowest BCUT2D eigenvalue weighted by molar-refractivity contribution is -0.117. The van der Waals surface area contributed by atoms with Gasteiger partial charge in [-0.15, -0.1) is 10.2 Å². The second kappa shape index (κ2) is 6.33. The molecular formula is C21H30N4O3S. The van der Waals surface area contributed by atoms with Gasteiger partial charge in [-0.25, -0.2) is 8.42 Å². The second-order valence-electron chi connectivity index (χ2n) is 9.79. The van der Waals surface area contributed by atoms with Crippen LogP contribution in [-0.2, 0) is 10.0 Å². The molecule has 4 aliphatic carbocycles. The highest BCUT2D eigenvalue weighted by molar-refractivity contribution is 7.91. The van der Waals surface area contributed by atoms with Crippen molar-refractivity contribution in [2.75, 3.05) is 11.0 Å². The summed E-state index contributed by atoms with van der Waals surface area (Å²) in [4.78, 5) is 0. The molecule has 158 valence electrons. The van der Waals surface area contributed by atoms with Crippen LogP contribution in [-0.4, -0.2) is 35.4 Å². The maximum atomic E-state index is 11.7. The van der Waals surface area contributed by atoms with Crippen molar-refractivity contribution in [3.8, 4) is 5.75 Å². The first-order chi connectivity index (χ1) is 13.7. The van der Waals surface area contributed by atoms with E-state index in [0.717, 1.165) is 48.7 Å². The molecule has 2 aromatic heterocycles. The second-order valence-corrected chi connectivity index (χ2v) is 11.5. The molecule has 5 atom stereocenters. The summed E-state index contributed by atoms with van der Waals surface area (Å²) in [6.07, 6.45) is 9.21. The Morgan fingerprint density at radius 2 is 2.00 bits per heavy atom. The summed E-state index contributed by atoms with van der Waals surface area (Å²) in [5, 5.41) is 8.21. The lowest BCUT2D eigenvalue weighted by Gasteiger charge is -2.57. The molecule has 8 heteroatoms. The van der Waals surface area contributed by atoms with E-state index in [9.17, 15) is 8.42 Å². The van der Waals surface area contributed by atoms with Crippen molar-refractivity contribution in [2.45, 2.75) is 64.9 Å². The van der Waals surface area contributed by atoms with Crippen LogP contribution in [0.1, 0.15) is 64.4 Å². The summed E-state index contributed by atoms with van der Waals surface area (Å²) < 4.78 is 34.2. The molecule has 0 aromatic carbocycles. The van der Waals surface area contributed by atoms with Gasteiger partial charge in [0.05, 0.1) is 6.26 Å². The zero-order valence-electron chi connectivity index (χ0n) is 17.6. The number of nitrogens with one attached hydrogen (secondary N) is 1. The highest BCUT2D eigenvalue weighted by Gasteiger charge is 2.54. The minimum absolute atomic E-state index is 0.192. The quantitative estimate of drug-likeness (QED) is 0.798. The number of rotatable bonds is 5. The highest BCUT2D eigenvalue weighted by atomic mass is 32.2. The number of pyridine rings is 1. The molecule has 1 N–H and O–H groups in total. The number of nitrogens with zero attached hydrogens (tertiary/aromatic N) is 3. The van der Waals surface area contributed by atoms with Crippen molar-refractivity contribution in [1.82, 2.24) is 14.6 Å². The lowest BCUT2D eigenvalue weighted by atomic mass is 9.51. The number of ether oxygens (including phenoxy) is 1. The fourth-order valence-corrected chi connectivity index (χ4v) is 6.10. The van der Waals surface area contributed by atoms with Crippen LogP contribution in [0.25, 0.3) is 5.65 Å². The van der Waals surface area contributed by atoms with Crippen LogP contribution in [0.2, 0.25) is 0 Å². The zero-order valence-corrected chi connectivity index (χ0v) is 18.4. The number of sulfonamides is 1. The predicted octanol–water partition coefficient (Wildman–Crippen LogP) is 3.82. The molecule has 4 saturated carbocycles. The molecule has 0 saturated heterocycles. The Morgan fingerprint density at radius 1 is 1.24 bits per heavy atom. The van der Waals surface area contributed by atoms with Crippen LogP contribution < -0.4 is 9.46 Å². The molecule has 2 unspecified atom stereocenters. The van der Waals surface area contributed by atoms with E-state index in [1.807, 2.05) is 12.3 Å². The number of anilines is 1. The molecule has 4 aliphatic rings. The first-order valence-corrected chi connectivity index (χ1v) is 12.6. The van der Waals surface area contributed by atoms with Crippen molar-refractivity contribution >= 4 is 21.6 Å². The summed E-state index contributed by atoms with van der Waals surface area (Å²) >= 11 is 0. The summed E-state index contributed by atoms with van der Waals surface area (Å²) in [6, 6.07) is 1.94. The third-order valence-corrected chi connectivity index (χ3v) is 8.53. The zero-order chi connectivity index (χ0) is 20.6. The van der Waals surface area contributed by atoms with Gasteiger partial charge in [0.2, 0.25) is 16.0 Å². The van der Waals surface area contributed by atoms with Gasteiger partial charge in [-0.1, -0.05) is 20.8 Å². The maximum absolute atomic E-state index is 11.7. The van der Waals surface area contributed by atoms with E-state index in [0.29, 0.717) is 17.5 Å². The molecule has 0 aliphatic heterocycles. The van der Waals surface area contributed by atoms with Gasteiger partial charge in [-0.05, 0) is 55.8 Å². The topological polar surface area (TPSA) is 85.6 Å². The molecule has 29 heavy (non-hydrogen) atoms. The third kappa shape index (κ3) is 3.20. The van der Waals surface area contributed by atoms with Crippen LogP contribution in [0.15, 0.2) is 12.3 Å². The van der Waals surface area contributed by atoms with Crippen molar-refractivity contribution in [2.24, 2.45) is 23.2 Å². The monoisotopic (exact) mass is 418 g/mol. The Kier molecular flexibility index (Phi) is 4.18. The van der Waals surface area contributed by atoms with Crippen LogP contribution in [0.4, 0.5) is 5.95 Å². The standard InChI is InChI=1S/C21H30N4O3S/c1-12-13(2)21(3)8-7-15(12)9-18(21)28-17-10-19-22-23-20(24-29(4,26)27)25(19)11-16(17)14-5-6-14/h10-15,18H,5-9H2,1-4H3,(H,23,24)/t12?,13?,15-,18+,21-/m0/s1. The number of aromatic nitrogens is 3. The fraction of sp³-hybridized carbons (Fsp3) is 0.714. The van der Waals surface area contributed by atoms with Gasteiger partial charge in [0.15, 0.2) is 5.65 Å². The minimum Gasteiger partial charge on any atom is -0.489 e. The molecule has 6 rings (SSSR count). The van der Waals surface area contributed by atoms with E-state index in [-0.39, 0.29) is 17.5 Å². The SMILES string of the molecule is CC1C(C)[C@]2(C)CC[C@H]1C[C@H]2Oc1cc2nnc(NS(C)(=O)=O)n2cc1C1CC1. The first kappa shape index (κ1) is 19.2. The molecular weight excluding hydrogens is 388 g/mol. The van der Waals surface area contributed by atoms with Gasteiger partial charge in [0.25, 0.3) is 0 Å². The Labute approximate surface area is 172 Å². The van der Waals surface area contributed by atoms with E-state index < -0.39 is 10.0 Å². The largest absolute Gasteiger partial charge is 0.489 e. The van der Waals surface area contributed by atoms with Gasteiger partial charge in [0, 0.05) is 23.2 Å². The number of fused-ring (bicyclic) bond motifs is 4. The van der Waals surface area contributed by atoms with E-state index in [4.69, 9.17) is 4.74 Å². The molecule has 2 aromatic rings. The third-order valence-electron chi connectivity index (χ3n) is 7.98. The average Bonchev–Trinajstić information content (AvgIpc) is 3.42. The predicted molar refractivity (Wildman–Crippen MR) is 112 cm³/mol. The first-order valence-electron chi connectivity index (χ1n) is 10.7. The lowest BCUT2D eigenvalue weighted by Crippen LogP contribution is -2.55. The Morgan fingerprint density at radius 3 is 2.69 bits per heavy atom. The van der Waals surface area contributed by atoms with Crippen molar-refractivity contribution in [1.29, 1.82) is 0 Å². The molecule has 0 amide bonds. The van der Waals surface area contributed by atoms with Gasteiger partial charge < -0.3 is 4.74 Å².